The Morgan fingerprint density at radius 2 is 0.911 bits per heavy atom. The van der Waals surface area contributed by atoms with Gasteiger partial charge in [-0.2, -0.15) is 0 Å². The highest BCUT2D eigenvalue weighted by atomic mass is 16.3. The van der Waals surface area contributed by atoms with E-state index in [1.807, 2.05) is 30.3 Å². The Morgan fingerprint density at radius 1 is 0.339 bits per heavy atom. The molecule has 1 heterocycles. The van der Waals surface area contributed by atoms with Crippen LogP contribution in [0.25, 0.3) is 87.9 Å². The van der Waals surface area contributed by atoms with Gasteiger partial charge in [0, 0.05) is 28.0 Å². The van der Waals surface area contributed by atoms with Crippen molar-refractivity contribution in [2.24, 2.45) is 0 Å². The fourth-order valence-corrected chi connectivity index (χ4v) is 8.26. The largest absolute Gasteiger partial charge is 0.435 e. The van der Waals surface area contributed by atoms with Gasteiger partial charge >= 0.3 is 0 Å². The molecule has 0 spiro atoms. The number of rotatable bonds is 6. The molecule has 3 heteroatoms. The topological polar surface area (TPSA) is 29.3 Å². The van der Waals surface area contributed by atoms with E-state index in [0.717, 1.165) is 50.1 Å². The van der Waals surface area contributed by atoms with Crippen LogP contribution in [-0.4, -0.2) is 4.98 Å². The van der Waals surface area contributed by atoms with Crippen LogP contribution in [-0.2, 0) is 0 Å². The van der Waals surface area contributed by atoms with Gasteiger partial charge in [-0.05, 0) is 139 Å². The maximum Gasteiger partial charge on any atom is 0.227 e. The highest BCUT2D eigenvalue weighted by Crippen LogP contribution is 2.40. The van der Waals surface area contributed by atoms with E-state index in [1.165, 1.54) is 49.0 Å². The molecule has 11 aromatic rings. The van der Waals surface area contributed by atoms with Gasteiger partial charge in [0.25, 0.3) is 0 Å². The Hall–Kier alpha value is -7.49. The zero-order valence-corrected chi connectivity index (χ0v) is 30.4. The van der Waals surface area contributed by atoms with Gasteiger partial charge in [-0.25, -0.2) is 4.98 Å². The van der Waals surface area contributed by atoms with Crippen LogP contribution in [0.1, 0.15) is 0 Å². The van der Waals surface area contributed by atoms with Crippen molar-refractivity contribution in [1.29, 1.82) is 0 Å². The molecule has 0 unspecified atom stereocenters. The van der Waals surface area contributed by atoms with Crippen molar-refractivity contribution in [2.75, 3.05) is 4.90 Å². The Morgan fingerprint density at radius 3 is 1.73 bits per heavy atom. The van der Waals surface area contributed by atoms with E-state index >= 15 is 0 Å². The van der Waals surface area contributed by atoms with Gasteiger partial charge in [0.2, 0.25) is 5.89 Å². The highest BCUT2D eigenvalue weighted by Gasteiger charge is 2.16. The first kappa shape index (κ1) is 32.0. The predicted octanol–water partition coefficient (Wildman–Crippen LogP) is 14.9. The highest BCUT2D eigenvalue weighted by molar-refractivity contribution is 6.14. The van der Waals surface area contributed by atoms with Crippen LogP contribution in [0.15, 0.2) is 211 Å². The third-order valence-electron chi connectivity index (χ3n) is 11.0. The van der Waals surface area contributed by atoms with Crippen molar-refractivity contribution in [1.82, 2.24) is 4.98 Å². The number of oxazole rings is 1. The first-order valence-corrected chi connectivity index (χ1v) is 19.0. The lowest BCUT2D eigenvalue weighted by Crippen LogP contribution is -2.09. The van der Waals surface area contributed by atoms with Crippen molar-refractivity contribution in [3.63, 3.8) is 0 Å². The number of hydrogen-bond donors (Lipinski definition) is 0. The van der Waals surface area contributed by atoms with Gasteiger partial charge in [-0.1, -0.05) is 127 Å². The van der Waals surface area contributed by atoms with Crippen LogP contribution in [0.3, 0.4) is 0 Å². The summed E-state index contributed by atoms with van der Waals surface area (Å²) in [4.78, 5) is 7.11. The van der Waals surface area contributed by atoms with Crippen LogP contribution < -0.4 is 4.90 Å². The molecule has 0 saturated carbocycles. The predicted molar refractivity (Wildman–Crippen MR) is 235 cm³/mol. The second kappa shape index (κ2) is 13.1. The molecule has 0 saturated heterocycles. The van der Waals surface area contributed by atoms with Gasteiger partial charge in [0.15, 0.2) is 5.58 Å². The zero-order valence-electron chi connectivity index (χ0n) is 30.4. The first-order chi connectivity index (χ1) is 27.7. The summed E-state index contributed by atoms with van der Waals surface area (Å²) in [6.45, 7) is 0. The molecule has 1 aromatic heterocycles. The van der Waals surface area contributed by atoms with E-state index in [1.54, 1.807) is 0 Å². The van der Waals surface area contributed by atoms with Gasteiger partial charge in [-0.15, -0.1) is 0 Å². The van der Waals surface area contributed by atoms with Crippen LogP contribution >= 0.6 is 0 Å². The van der Waals surface area contributed by atoms with E-state index in [9.17, 15) is 0 Å². The van der Waals surface area contributed by atoms with Gasteiger partial charge in [-0.3, -0.25) is 0 Å². The summed E-state index contributed by atoms with van der Waals surface area (Å²) in [5, 5.41) is 9.64. The monoisotopic (exact) mass is 714 g/mol. The molecule has 0 bridgehead atoms. The van der Waals surface area contributed by atoms with Gasteiger partial charge in [0.05, 0.1) is 0 Å². The summed E-state index contributed by atoms with van der Waals surface area (Å²) in [5.41, 5.74) is 10.8. The SMILES string of the molecule is c1ccc(-c2nc3ccc4cc(-c5ccc6cc(N(c7ccccc7)c7ccc(-c8cc9ccccc9c9ccccc89)cc7)ccc6c5)ccc4c3o2)cc1. The minimum absolute atomic E-state index is 0.642. The molecule has 0 aliphatic rings. The Balaban J connectivity index is 0.939. The quantitative estimate of drug-likeness (QED) is 0.161. The lowest BCUT2D eigenvalue weighted by Gasteiger charge is -2.26. The maximum atomic E-state index is 6.31. The van der Waals surface area contributed by atoms with E-state index in [-0.39, 0.29) is 0 Å². The molecule has 11 rings (SSSR count). The van der Waals surface area contributed by atoms with Crippen LogP contribution in [0, 0.1) is 0 Å². The lowest BCUT2D eigenvalue weighted by atomic mass is 9.93. The minimum atomic E-state index is 0.642. The van der Waals surface area contributed by atoms with Crippen molar-refractivity contribution < 1.29 is 4.42 Å². The number of fused-ring (bicyclic) bond motifs is 7. The number of hydrogen-bond acceptors (Lipinski definition) is 3. The van der Waals surface area contributed by atoms with Crippen molar-refractivity contribution >= 4 is 71.3 Å². The second-order valence-electron chi connectivity index (χ2n) is 14.4. The standard InChI is InChI=1S/C53H34N2O/c1-3-11-36(12-4-1)53-54-51-30-25-42-32-39(24-29-47(42)52(51)56-53)37-19-20-40-33-45(28-23-38(40)31-37)55(43-14-5-2-6-15-43)44-26-21-35(22-27-44)50-34-41-13-7-8-16-46(41)48-17-9-10-18-49(48)50/h1-34H. The Bertz CT molecular complexity index is 3240. The minimum Gasteiger partial charge on any atom is -0.435 e. The number of aromatic nitrogens is 1. The van der Waals surface area contributed by atoms with Gasteiger partial charge < -0.3 is 9.32 Å². The van der Waals surface area contributed by atoms with E-state index in [0.29, 0.717) is 5.89 Å². The number of benzene rings is 10. The van der Waals surface area contributed by atoms with E-state index in [4.69, 9.17) is 9.40 Å². The molecule has 0 radical (unpaired) electrons. The first-order valence-electron chi connectivity index (χ1n) is 19.0. The Kier molecular flexibility index (Phi) is 7.49. The second-order valence-corrected chi connectivity index (χ2v) is 14.4. The van der Waals surface area contributed by atoms with Crippen LogP contribution in [0.2, 0.25) is 0 Å². The maximum absolute atomic E-state index is 6.31. The van der Waals surface area contributed by atoms with Crippen LogP contribution in [0.5, 0.6) is 0 Å². The molecule has 262 valence electrons. The fraction of sp³-hybridized carbons (Fsp3) is 0. The van der Waals surface area contributed by atoms with Crippen molar-refractivity contribution in [3.05, 3.63) is 206 Å². The number of para-hydroxylation sites is 1. The molecule has 0 aliphatic heterocycles. The third-order valence-corrected chi connectivity index (χ3v) is 11.0. The molecule has 0 fully saturated rings. The summed E-state index contributed by atoms with van der Waals surface area (Å²) in [5.74, 6) is 0.642. The molecule has 0 atom stereocenters. The van der Waals surface area contributed by atoms with E-state index in [2.05, 4.69) is 181 Å². The molecular weight excluding hydrogens is 681 g/mol. The number of nitrogens with zero attached hydrogens (tertiary/aromatic N) is 2. The van der Waals surface area contributed by atoms with Crippen LogP contribution in [0.4, 0.5) is 17.1 Å². The summed E-state index contributed by atoms with van der Waals surface area (Å²) in [6, 6.07) is 73.7. The number of anilines is 3. The summed E-state index contributed by atoms with van der Waals surface area (Å²) < 4.78 is 6.31. The normalized spacial score (nSPS) is 11.6. The molecule has 56 heavy (non-hydrogen) atoms. The molecule has 0 aliphatic carbocycles. The molecule has 0 amide bonds. The zero-order chi connectivity index (χ0) is 37.0. The fourth-order valence-electron chi connectivity index (χ4n) is 8.26. The van der Waals surface area contributed by atoms with E-state index < -0.39 is 0 Å². The third kappa shape index (κ3) is 5.49. The Labute approximate surface area is 324 Å². The molecule has 0 N–H and O–H groups in total. The lowest BCUT2D eigenvalue weighted by molar-refractivity contribution is 0.623. The average molecular weight is 715 g/mol. The summed E-state index contributed by atoms with van der Waals surface area (Å²) >= 11 is 0. The van der Waals surface area contributed by atoms with Gasteiger partial charge in [0.1, 0.15) is 5.52 Å². The van der Waals surface area contributed by atoms with Crippen molar-refractivity contribution in [2.45, 2.75) is 0 Å². The summed E-state index contributed by atoms with van der Waals surface area (Å²) in [7, 11) is 0. The molecular formula is C53H34N2O. The average Bonchev–Trinajstić information content (AvgIpc) is 3.72. The molecule has 10 aromatic carbocycles. The molecule has 3 nitrogen and oxygen atoms in total. The summed E-state index contributed by atoms with van der Waals surface area (Å²) in [6.07, 6.45) is 0. The smallest absolute Gasteiger partial charge is 0.227 e. The van der Waals surface area contributed by atoms with Crippen molar-refractivity contribution in [3.8, 4) is 33.7 Å².